The molecule has 0 spiro atoms. The van der Waals surface area contributed by atoms with E-state index in [2.05, 4.69) is 31.4 Å². The third-order valence-electron chi connectivity index (χ3n) is 2.36. The van der Waals surface area contributed by atoms with Gasteiger partial charge in [-0.15, -0.1) is 0 Å². The van der Waals surface area contributed by atoms with Gasteiger partial charge >= 0.3 is 0 Å². The second-order valence-electron chi connectivity index (χ2n) is 4.11. The number of unbranched alkanes of at least 4 members (excludes halogenated alkanes) is 1. The molecule has 0 aliphatic carbocycles. The SMILES string of the molecule is CCCCC(C)NCC(C)CNC. The molecule has 2 nitrogen and oxygen atoms in total. The molecule has 0 amide bonds. The molecule has 0 aromatic rings. The first-order chi connectivity index (χ1) is 6.20. The van der Waals surface area contributed by atoms with Crippen LogP contribution in [0.2, 0.25) is 0 Å². The molecule has 0 heterocycles. The summed E-state index contributed by atoms with van der Waals surface area (Å²) < 4.78 is 0. The molecule has 0 aromatic carbocycles. The Bertz CT molecular complexity index is 104. The summed E-state index contributed by atoms with van der Waals surface area (Å²) >= 11 is 0. The first-order valence-corrected chi connectivity index (χ1v) is 5.58. The second kappa shape index (κ2) is 8.52. The molecule has 0 aliphatic heterocycles. The molecule has 0 radical (unpaired) electrons. The lowest BCUT2D eigenvalue weighted by molar-refractivity contribution is 0.428. The van der Waals surface area contributed by atoms with Crippen molar-refractivity contribution >= 4 is 0 Å². The van der Waals surface area contributed by atoms with Crippen LogP contribution in [0, 0.1) is 5.92 Å². The zero-order chi connectivity index (χ0) is 10.1. The fourth-order valence-electron chi connectivity index (χ4n) is 1.44. The van der Waals surface area contributed by atoms with Crippen molar-refractivity contribution in [1.82, 2.24) is 10.6 Å². The molecule has 2 unspecified atom stereocenters. The van der Waals surface area contributed by atoms with Gasteiger partial charge in [-0.1, -0.05) is 26.7 Å². The van der Waals surface area contributed by atoms with Crippen LogP contribution < -0.4 is 10.6 Å². The number of hydrogen-bond acceptors (Lipinski definition) is 2. The van der Waals surface area contributed by atoms with Crippen molar-refractivity contribution in [2.45, 2.75) is 46.1 Å². The van der Waals surface area contributed by atoms with Gasteiger partial charge in [-0.2, -0.15) is 0 Å². The predicted molar refractivity (Wildman–Crippen MR) is 60.1 cm³/mol. The highest BCUT2D eigenvalue weighted by atomic mass is 14.9. The normalized spacial score (nSPS) is 15.7. The van der Waals surface area contributed by atoms with Crippen molar-refractivity contribution in [1.29, 1.82) is 0 Å². The number of nitrogens with one attached hydrogen (secondary N) is 2. The smallest absolute Gasteiger partial charge is 0.00388 e. The summed E-state index contributed by atoms with van der Waals surface area (Å²) in [5.74, 6) is 0.731. The van der Waals surface area contributed by atoms with Gasteiger partial charge in [0.25, 0.3) is 0 Å². The fraction of sp³-hybridized carbons (Fsp3) is 1.00. The molecular weight excluding hydrogens is 160 g/mol. The van der Waals surface area contributed by atoms with Gasteiger partial charge in [0.1, 0.15) is 0 Å². The summed E-state index contributed by atoms with van der Waals surface area (Å²) in [4.78, 5) is 0. The molecule has 13 heavy (non-hydrogen) atoms. The second-order valence-corrected chi connectivity index (χ2v) is 4.11. The zero-order valence-electron chi connectivity index (χ0n) is 9.69. The molecule has 2 N–H and O–H groups in total. The largest absolute Gasteiger partial charge is 0.319 e. The summed E-state index contributed by atoms with van der Waals surface area (Å²) in [6.07, 6.45) is 3.95. The van der Waals surface area contributed by atoms with E-state index in [1.54, 1.807) is 0 Å². The molecule has 2 atom stereocenters. The van der Waals surface area contributed by atoms with Crippen LogP contribution in [0.1, 0.15) is 40.0 Å². The van der Waals surface area contributed by atoms with E-state index in [4.69, 9.17) is 0 Å². The minimum absolute atomic E-state index is 0.680. The highest BCUT2D eigenvalue weighted by Crippen LogP contribution is 2.00. The Balaban J connectivity index is 3.29. The van der Waals surface area contributed by atoms with Gasteiger partial charge in [-0.25, -0.2) is 0 Å². The van der Waals surface area contributed by atoms with Crippen LogP contribution in [0.3, 0.4) is 0 Å². The van der Waals surface area contributed by atoms with Gasteiger partial charge in [0.15, 0.2) is 0 Å². The summed E-state index contributed by atoms with van der Waals surface area (Å²) in [6.45, 7) is 9.04. The van der Waals surface area contributed by atoms with Crippen molar-refractivity contribution in [3.63, 3.8) is 0 Å². The molecule has 80 valence electrons. The third-order valence-corrected chi connectivity index (χ3v) is 2.36. The van der Waals surface area contributed by atoms with Crippen molar-refractivity contribution in [3.05, 3.63) is 0 Å². The van der Waals surface area contributed by atoms with Gasteiger partial charge in [-0.3, -0.25) is 0 Å². The van der Waals surface area contributed by atoms with Crippen molar-refractivity contribution in [2.24, 2.45) is 5.92 Å². The van der Waals surface area contributed by atoms with Crippen LogP contribution >= 0.6 is 0 Å². The Kier molecular flexibility index (Phi) is 8.46. The lowest BCUT2D eigenvalue weighted by Gasteiger charge is -2.17. The van der Waals surface area contributed by atoms with Gasteiger partial charge < -0.3 is 10.6 Å². The van der Waals surface area contributed by atoms with E-state index in [0.29, 0.717) is 6.04 Å². The maximum Gasteiger partial charge on any atom is 0.00388 e. The Morgan fingerprint density at radius 3 is 2.38 bits per heavy atom. The maximum atomic E-state index is 3.56. The first-order valence-electron chi connectivity index (χ1n) is 5.58. The molecule has 0 aliphatic rings. The van der Waals surface area contributed by atoms with Crippen LogP contribution in [-0.4, -0.2) is 26.2 Å². The minimum Gasteiger partial charge on any atom is -0.319 e. The van der Waals surface area contributed by atoms with Gasteiger partial charge in [0.05, 0.1) is 0 Å². The molecule has 0 saturated heterocycles. The van der Waals surface area contributed by atoms with Crippen LogP contribution in [0.4, 0.5) is 0 Å². The highest BCUT2D eigenvalue weighted by molar-refractivity contribution is 4.64. The standard InChI is InChI=1S/C11H26N2/c1-5-6-7-11(3)13-9-10(2)8-12-4/h10-13H,5-9H2,1-4H3. The van der Waals surface area contributed by atoms with E-state index in [1.165, 1.54) is 19.3 Å². The number of hydrogen-bond donors (Lipinski definition) is 2. The lowest BCUT2D eigenvalue weighted by atomic mass is 10.1. The molecular formula is C11H26N2. The Labute approximate surface area is 83.5 Å². The minimum atomic E-state index is 0.680. The summed E-state index contributed by atoms with van der Waals surface area (Å²) in [5.41, 5.74) is 0. The maximum absolute atomic E-state index is 3.56. The average molecular weight is 186 g/mol. The predicted octanol–water partition coefficient (Wildman–Crippen LogP) is 2.01. The molecule has 0 rings (SSSR count). The van der Waals surface area contributed by atoms with E-state index >= 15 is 0 Å². The zero-order valence-corrected chi connectivity index (χ0v) is 9.69. The van der Waals surface area contributed by atoms with E-state index in [-0.39, 0.29) is 0 Å². The Hall–Kier alpha value is -0.0800. The van der Waals surface area contributed by atoms with Crippen LogP contribution in [0.25, 0.3) is 0 Å². The van der Waals surface area contributed by atoms with Crippen molar-refractivity contribution in [3.8, 4) is 0 Å². The first kappa shape index (κ1) is 12.9. The van der Waals surface area contributed by atoms with Crippen molar-refractivity contribution in [2.75, 3.05) is 20.1 Å². The molecule has 0 aromatic heterocycles. The van der Waals surface area contributed by atoms with Crippen LogP contribution in [0.5, 0.6) is 0 Å². The average Bonchev–Trinajstić information content (AvgIpc) is 2.12. The number of rotatable bonds is 8. The topological polar surface area (TPSA) is 24.1 Å². The molecule has 0 bridgehead atoms. The molecule has 2 heteroatoms. The summed E-state index contributed by atoms with van der Waals surface area (Å²) in [6, 6.07) is 0.680. The van der Waals surface area contributed by atoms with E-state index in [9.17, 15) is 0 Å². The van der Waals surface area contributed by atoms with E-state index in [1.807, 2.05) is 7.05 Å². The molecule has 0 saturated carbocycles. The summed E-state index contributed by atoms with van der Waals surface area (Å²) in [5, 5.41) is 6.76. The monoisotopic (exact) mass is 186 g/mol. The Morgan fingerprint density at radius 2 is 1.85 bits per heavy atom. The lowest BCUT2D eigenvalue weighted by Crippen LogP contribution is -2.33. The highest BCUT2D eigenvalue weighted by Gasteiger charge is 2.03. The van der Waals surface area contributed by atoms with Crippen molar-refractivity contribution < 1.29 is 0 Å². The van der Waals surface area contributed by atoms with Gasteiger partial charge in [0, 0.05) is 6.04 Å². The summed E-state index contributed by atoms with van der Waals surface area (Å²) in [7, 11) is 2.01. The molecule has 0 fully saturated rings. The fourth-order valence-corrected chi connectivity index (χ4v) is 1.44. The van der Waals surface area contributed by atoms with E-state index in [0.717, 1.165) is 19.0 Å². The van der Waals surface area contributed by atoms with Crippen LogP contribution in [-0.2, 0) is 0 Å². The quantitative estimate of drug-likeness (QED) is 0.606. The Morgan fingerprint density at radius 1 is 1.15 bits per heavy atom. The van der Waals surface area contributed by atoms with E-state index < -0.39 is 0 Å². The van der Waals surface area contributed by atoms with Gasteiger partial charge in [0.2, 0.25) is 0 Å². The van der Waals surface area contributed by atoms with Crippen LogP contribution in [0.15, 0.2) is 0 Å². The van der Waals surface area contributed by atoms with Gasteiger partial charge in [-0.05, 0) is 39.4 Å². The third kappa shape index (κ3) is 8.26.